The van der Waals surface area contributed by atoms with Crippen LogP contribution in [0, 0.1) is 6.92 Å². The number of Topliss-reactive ketones (excluding diaryl/α,β-unsaturated/α-hetero) is 1. The van der Waals surface area contributed by atoms with Gasteiger partial charge in [0.1, 0.15) is 0 Å². The van der Waals surface area contributed by atoms with Crippen LogP contribution in [-0.4, -0.2) is 10.4 Å². The first-order chi connectivity index (χ1) is 9.10. The molecule has 1 aromatic heterocycles. The van der Waals surface area contributed by atoms with E-state index in [1.54, 1.807) is 18.3 Å². The van der Waals surface area contributed by atoms with Gasteiger partial charge in [0.2, 0.25) is 0 Å². The summed E-state index contributed by atoms with van der Waals surface area (Å²) in [6.07, 6.45) is 1.64. The molecule has 4 heteroatoms. The maximum absolute atomic E-state index is 12.1. The lowest BCUT2D eigenvalue weighted by Gasteiger charge is -2.05. The summed E-state index contributed by atoms with van der Waals surface area (Å²) in [7, 11) is 0. The van der Waals surface area contributed by atoms with Crippen LogP contribution in [0.3, 0.4) is 0 Å². The van der Waals surface area contributed by atoms with E-state index < -0.39 is 0 Å². The summed E-state index contributed by atoms with van der Waals surface area (Å²) in [6.45, 7) is 1.90. The third-order valence-electron chi connectivity index (χ3n) is 2.90. The molecule has 1 heterocycles. The number of hydrogen-bond donors (Lipinski definition) is 0. The number of ketones is 1. The molecule has 0 amide bonds. The standard InChI is InChI=1S/C15H14ClNO2/c1-11-6-7-17(15(19)8-11)10-14(18)13-4-2-12(9-16)3-5-13/h2-8H,9-10H2,1H3. The van der Waals surface area contributed by atoms with Gasteiger partial charge in [-0.15, -0.1) is 11.6 Å². The van der Waals surface area contributed by atoms with Gasteiger partial charge in [0, 0.05) is 23.7 Å². The lowest BCUT2D eigenvalue weighted by Crippen LogP contribution is -2.23. The maximum atomic E-state index is 12.1. The molecule has 0 fully saturated rings. The van der Waals surface area contributed by atoms with Crippen LogP contribution >= 0.6 is 11.6 Å². The lowest BCUT2D eigenvalue weighted by molar-refractivity contribution is 0.0971. The Balaban J connectivity index is 2.18. The zero-order chi connectivity index (χ0) is 13.8. The van der Waals surface area contributed by atoms with Crippen LogP contribution in [0.2, 0.25) is 0 Å². The molecule has 0 saturated carbocycles. The van der Waals surface area contributed by atoms with Crippen LogP contribution in [0.25, 0.3) is 0 Å². The first-order valence-corrected chi connectivity index (χ1v) is 6.49. The van der Waals surface area contributed by atoms with Crippen molar-refractivity contribution in [1.29, 1.82) is 0 Å². The second kappa shape index (κ2) is 5.85. The number of alkyl halides is 1. The van der Waals surface area contributed by atoms with Crippen molar-refractivity contribution in [2.75, 3.05) is 0 Å². The summed E-state index contributed by atoms with van der Waals surface area (Å²) < 4.78 is 1.41. The van der Waals surface area contributed by atoms with Crippen molar-refractivity contribution in [2.24, 2.45) is 0 Å². The minimum absolute atomic E-state index is 0.0549. The SMILES string of the molecule is Cc1ccn(CC(=O)c2ccc(CCl)cc2)c(=O)c1. The van der Waals surface area contributed by atoms with E-state index in [2.05, 4.69) is 0 Å². The quantitative estimate of drug-likeness (QED) is 0.636. The zero-order valence-corrected chi connectivity index (χ0v) is 11.4. The zero-order valence-electron chi connectivity index (χ0n) is 10.6. The number of aromatic nitrogens is 1. The Bertz CT molecular complexity index is 644. The number of aryl methyl sites for hydroxylation is 1. The van der Waals surface area contributed by atoms with Gasteiger partial charge in [0.05, 0.1) is 6.54 Å². The van der Waals surface area contributed by atoms with Gasteiger partial charge in [-0.2, -0.15) is 0 Å². The average molecular weight is 276 g/mol. The van der Waals surface area contributed by atoms with Crippen LogP contribution in [0.1, 0.15) is 21.5 Å². The van der Waals surface area contributed by atoms with Crippen LogP contribution in [0.5, 0.6) is 0 Å². The van der Waals surface area contributed by atoms with Crippen molar-refractivity contribution in [2.45, 2.75) is 19.3 Å². The minimum atomic E-state index is -0.161. The molecule has 0 aliphatic heterocycles. The Morgan fingerprint density at radius 1 is 1.21 bits per heavy atom. The number of carbonyl (C=O) groups excluding carboxylic acids is 1. The van der Waals surface area contributed by atoms with Crippen LogP contribution < -0.4 is 5.56 Å². The number of pyridine rings is 1. The molecule has 1 aromatic carbocycles. The number of hydrogen-bond acceptors (Lipinski definition) is 2. The van der Waals surface area contributed by atoms with E-state index in [9.17, 15) is 9.59 Å². The molecule has 0 radical (unpaired) electrons. The fraction of sp³-hybridized carbons (Fsp3) is 0.200. The molecule has 0 aliphatic carbocycles. The smallest absolute Gasteiger partial charge is 0.251 e. The number of halogens is 1. The van der Waals surface area contributed by atoms with E-state index in [0.29, 0.717) is 11.4 Å². The number of carbonyl (C=O) groups is 1. The third-order valence-corrected chi connectivity index (χ3v) is 3.20. The average Bonchev–Trinajstić information content (AvgIpc) is 2.42. The van der Waals surface area contributed by atoms with E-state index in [1.807, 2.05) is 25.1 Å². The van der Waals surface area contributed by atoms with Gasteiger partial charge in [0.25, 0.3) is 5.56 Å². The molecule has 0 N–H and O–H groups in total. The summed E-state index contributed by atoms with van der Waals surface area (Å²) >= 11 is 5.69. The van der Waals surface area contributed by atoms with Crippen LogP contribution in [0.4, 0.5) is 0 Å². The van der Waals surface area contributed by atoms with E-state index in [-0.39, 0.29) is 17.9 Å². The largest absolute Gasteiger partial charge is 0.308 e. The molecule has 0 aliphatic rings. The third kappa shape index (κ3) is 3.32. The van der Waals surface area contributed by atoms with Crippen LogP contribution in [0.15, 0.2) is 47.4 Å². The van der Waals surface area contributed by atoms with Crippen LogP contribution in [-0.2, 0) is 12.4 Å². The molecule has 0 atom stereocenters. The summed E-state index contributed by atoms with van der Waals surface area (Å²) in [5, 5.41) is 0. The molecule has 2 rings (SSSR count). The van der Waals surface area contributed by atoms with Crippen molar-refractivity contribution in [3.8, 4) is 0 Å². The summed E-state index contributed by atoms with van der Waals surface area (Å²) in [6, 6.07) is 10.4. The highest BCUT2D eigenvalue weighted by Crippen LogP contribution is 2.08. The van der Waals surface area contributed by atoms with E-state index in [1.165, 1.54) is 10.6 Å². The highest BCUT2D eigenvalue weighted by atomic mass is 35.5. The monoisotopic (exact) mass is 275 g/mol. The highest BCUT2D eigenvalue weighted by molar-refractivity contribution is 6.17. The first-order valence-electron chi connectivity index (χ1n) is 5.95. The van der Waals surface area contributed by atoms with Crippen molar-refractivity contribution in [1.82, 2.24) is 4.57 Å². The normalized spacial score (nSPS) is 10.4. The molecule has 0 saturated heterocycles. The molecule has 0 unspecified atom stereocenters. The van der Waals surface area contributed by atoms with Crippen molar-refractivity contribution in [3.63, 3.8) is 0 Å². The fourth-order valence-corrected chi connectivity index (χ4v) is 1.94. The maximum Gasteiger partial charge on any atom is 0.251 e. The second-order valence-corrected chi connectivity index (χ2v) is 4.69. The Morgan fingerprint density at radius 3 is 2.47 bits per heavy atom. The molecular formula is C15H14ClNO2. The number of nitrogens with zero attached hydrogens (tertiary/aromatic N) is 1. The van der Waals surface area contributed by atoms with Crippen molar-refractivity contribution >= 4 is 17.4 Å². The van der Waals surface area contributed by atoms with Gasteiger partial charge in [-0.1, -0.05) is 24.3 Å². The van der Waals surface area contributed by atoms with Gasteiger partial charge in [-0.25, -0.2) is 0 Å². The van der Waals surface area contributed by atoms with Crippen molar-refractivity contribution < 1.29 is 4.79 Å². The summed E-state index contributed by atoms with van der Waals surface area (Å²) in [5.74, 6) is 0.332. The van der Waals surface area contributed by atoms with E-state index in [4.69, 9.17) is 11.6 Å². The van der Waals surface area contributed by atoms with E-state index >= 15 is 0 Å². The van der Waals surface area contributed by atoms with Gasteiger partial charge < -0.3 is 4.57 Å². The molecule has 2 aromatic rings. The molecular weight excluding hydrogens is 262 g/mol. The Hall–Kier alpha value is -1.87. The predicted molar refractivity (Wildman–Crippen MR) is 75.8 cm³/mol. The van der Waals surface area contributed by atoms with Gasteiger partial charge in [-0.05, 0) is 24.1 Å². The van der Waals surface area contributed by atoms with E-state index in [0.717, 1.165) is 11.1 Å². The predicted octanol–water partition coefficient (Wildman–Crippen LogP) is 2.78. The summed E-state index contributed by atoms with van der Waals surface area (Å²) in [5.41, 5.74) is 2.28. The van der Waals surface area contributed by atoms with Gasteiger partial charge in [-0.3, -0.25) is 9.59 Å². The second-order valence-electron chi connectivity index (χ2n) is 4.42. The molecule has 0 bridgehead atoms. The Morgan fingerprint density at radius 2 is 1.89 bits per heavy atom. The summed E-state index contributed by atoms with van der Waals surface area (Å²) in [4.78, 5) is 23.8. The minimum Gasteiger partial charge on any atom is -0.308 e. The number of rotatable bonds is 4. The fourth-order valence-electron chi connectivity index (χ4n) is 1.76. The number of benzene rings is 1. The molecule has 3 nitrogen and oxygen atoms in total. The first kappa shape index (κ1) is 13.6. The molecule has 19 heavy (non-hydrogen) atoms. The molecule has 0 spiro atoms. The lowest BCUT2D eigenvalue weighted by atomic mass is 10.1. The van der Waals surface area contributed by atoms with Gasteiger partial charge >= 0.3 is 0 Å². The highest BCUT2D eigenvalue weighted by Gasteiger charge is 2.07. The Labute approximate surface area is 116 Å². The van der Waals surface area contributed by atoms with Gasteiger partial charge in [0.15, 0.2) is 5.78 Å². The molecule has 98 valence electrons. The topological polar surface area (TPSA) is 39.1 Å². The Kier molecular flexibility index (Phi) is 4.17. The van der Waals surface area contributed by atoms with Crippen molar-refractivity contribution in [3.05, 3.63) is 69.6 Å².